The predicted octanol–water partition coefficient (Wildman–Crippen LogP) is 4.40. The van der Waals surface area contributed by atoms with Gasteiger partial charge in [0.2, 0.25) is 0 Å². The van der Waals surface area contributed by atoms with Gasteiger partial charge in [0.1, 0.15) is 0 Å². The lowest BCUT2D eigenvalue weighted by atomic mass is 10.2. The van der Waals surface area contributed by atoms with E-state index in [1.165, 1.54) is 44.9 Å². The lowest BCUT2D eigenvalue weighted by Gasteiger charge is -1.88. The average Bonchev–Trinajstić information content (AvgIpc) is 2.53. The summed E-state index contributed by atoms with van der Waals surface area (Å²) in [7, 11) is 0. The summed E-state index contributed by atoms with van der Waals surface area (Å²) < 4.78 is 0. The SMILES string of the molecule is C1=CCCC=C1.C1=CCCCCC1. The second kappa shape index (κ2) is 7.85. The van der Waals surface area contributed by atoms with Gasteiger partial charge in [-0.05, 0) is 38.5 Å². The van der Waals surface area contributed by atoms with Gasteiger partial charge in [0.05, 0.1) is 0 Å². The van der Waals surface area contributed by atoms with Crippen molar-refractivity contribution in [2.45, 2.75) is 44.9 Å². The molecule has 2 aliphatic carbocycles. The van der Waals surface area contributed by atoms with Gasteiger partial charge in [0.25, 0.3) is 0 Å². The van der Waals surface area contributed by atoms with Gasteiger partial charge in [-0.2, -0.15) is 0 Å². The van der Waals surface area contributed by atoms with Crippen LogP contribution in [0.15, 0.2) is 36.5 Å². The largest absolute Gasteiger partial charge is 0.0885 e. The van der Waals surface area contributed by atoms with E-state index in [9.17, 15) is 0 Å². The highest BCUT2D eigenvalue weighted by Crippen LogP contribution is 2.08. The van der Waals surface area contributed by atoms with Gasteiger partial charge in [-0.3, -0.25) is 0 Å². The highest BCUT2D eigenvalue weighted by Gasteiger charge is 1.88. The van der Waals surface area contributed by atoms with E-state index in [4.69, 9.17) is 0 Å². The molecule has 0 saturated heterocycles. The molecule has 0 heteroatoms. The zero-order valence-corrected chi connectivity index (χ0v) is 8.41. The summed E-state index contributed by atoms with van der Waals surface area (Å²) in [4.78, 5) is 0. The van der Waals surface area contributed by atoms with E-state index < -0.39 is 0 Å². The van der Waals surface area contributed by atoms with E-state index in [1.54, 1.807) is 0 Å². The molecule has 0 aromatic rings. The molecule has 2 aliphatic rings. The van der Waals surface area contributed by atoms with Crippen LogP contribution >= 0.6 is 0 Å². The van der Waals surface area contributed by atoms with Crippen LogP contribution in [0.5, 0.6) is 0 Å². The number of allylic oxidation sites excluding steroid dienone is 6. The maximum atomic E-state index is 2.30. The fourth-order valence-corrected chi connectivity index (χ4v) is 1.48. The summed E-state index contributed by atoms with van der Waals surface area (Å²) in [5.41, 5.74) is 0. The molecule has 0 heterocycles. The molecule has 2 rings (SSSR count). The average molecular weight is 176 g/mol. The van der Waals surface area contributed by atoms with Crippen molar-refractivity contribution in [3.63, 3.8) is 0 Å². The van der Waals surface area contributed by atoms with E-state index in [2.05, 4.69) is 36.5 Å². The Morgan fingerprint density at radius 1 is 0.462 bits per heavy atom. The van der Waals surface area contributed by atoms with Crippen molar-refractivity contribution in [2.75, 3.05) is 0 Å². The summed E-state index contributed by atoms with van der Waals surface area (Å²) in [5.74, 6) is 0. The molecule has 0 aromatic heterocycles. The first-order valence-corrected chi connectivity index (χ1v) is 5.47. The normalized spacial score (nSPS) is 20.3. The van der Waals surface area contributed by atoms with Crippen molar-refractivity contribution < 1.29 is 0 Å². The van der Waals surface area contributed by atoms with E-state index in [0.29, 0.717) is 0 Å². The van der Waals surface area contributed by atoms with Crippen molar-refractivity contribution in [3.8, 4) is 0 Å². The zero-order valence-electron chi connectivity index (χ0n) is 8.41. The predicted molar refractivity (Wildman–Crippen MR) is 59.7 cm³/mol. The Morgan fingerprint density at radius 2 is 1.00 bits per heavy atom. The smallest absolute Gasteiger partial charge is 0.0313 e. The molecule has 0 bridgehead atoms. The molecule has 13 heavy (non-hydrogen) atoms. The molecule has 0 N–H and O–H groups in total. The molecule has 0 aromatic carbocycles. The summed E-state index contributed by atoms with van der Waals surface area (Å²) in [6, 6.07) is 0. The van der Waals surface area contributed by atoms with Crippen LogP contribution in [-0.4, -0.2) is 0 Å². The zero-order chi connectivity index (χ0) is 9.19. The van der Waals surface area contributed by atoms with E-state index in [-0.39, 0.29) is 0 Å². The summed E-state index contributed by atoms with van der Waals surface area (Å²) >= 11 is 0. The molecule has 0 atom stereocenters. The quantitative estimate of drug-likeness (QED) is 0.480. The van der Waals surface area contributed by atoms with Gasteiger partial charge in [-0.1, -0.05) is 42.9 Å². The third-order valence-electron chi connectivity index (χ3n) is 2.29. The van der Waals surface area contributed by atoms with E-state index in [1.807, 2.05) is 0 Å². The van der Waals surface area contributed by atoms with E-state index >= 15 is 0 Å². The van der Waals surface area contributed by atoms with Crippen molar-refractivity contribution >= 4 is 0 Å². The van der Waals surface area contributed by atoms with Gasteiger partial charge in [0, 0.05) is 0 Å². The molecule has 0 aliphatic heterocycles. The topological polar surface area (TPSA) is 0 Å². The molecular weight excluding hydrogens is 156 g/mol. The van der Waals surface area contributed by atoms with E-state index in [0.717, 1.165) is 0 Å². The molecule has 0 radical (unpaired) electrons. The Hall–Kier alpha value is -0.780. The number of hydrogen-bond donors (Lipinski definition) is 0. The van der Waals surface area contributed by atoms with Crippen molar-refractivity contribution in [1.82, 2.24) is 0 Å². The van der Waals surface area contributed by atoms with Gasteiger partial charge < -0.3 is 0 Å². The lowest BCUT2D eigenvalue weighted by molar-refractivity contribution is 0.718. The molecule has 72 valence electrons. The Balaban J connectivity index is 0.000000132. The Kier molecular flexibility index (Phi) is 6.22. The van der Waals surface area contributed by atoms with Gasteiger partial charge in [-0.25, -0.2) is 0 Å². The molecule has 0 fully saturated rings. The minimum atomic E-state index is 1.23. The summed E-state index contributed by atoms with van der Waals surface area (Å²) in [6.45, 7) is 0. The maximum absolute atomic E-state index is 2.30. The van der Waals surface area contributed by atoms with Crippen LogP contribution in [0, 0.1) is 0 Å². The lowest BCUT2D eigenvalue weighted by Crippen LogP contribution is -1.67. The second-order valence-corrected chi connectivity index (χ2v) is 3.54. The summed E-state index contributed by atoms with van der Waals surface area (Å²) in [5, 5.41) is 0. The van der Waals surface area contributed by atoms with Gasteiger partial charge in [-0.15, -0.1) is 0 Å². The Bertz CT molecular complexity index is 164. The van der Waals surface area contributed by atoms with Gasteiger partial charge >= 0.3 is 0 Å². The van der Waals surface area contributed by atoms with Crippen LogP contribution in [0.2, 0.25) is 0 Å². The third kappa shape index (κ3) is 6.39. The van der Waals surface area contributed by atoms with Crippen LogP contribution in [0.3, 0.4) is 0 Å². The third-order valence-corrected chi connectivity index (χ3v) is 2.29. The van der Waals surface area contributed by atoms with Crippen LogP contribution in [0.4, 0.5) is 0 Å². The van der Waals surface area contributed by atoms with Crippen molar-refractivity contribution in [1.29, 1.82) is 0 Å². The fraction of sp³-hybridized carbons (Fsp3) is 0.538. The monoisotopic (exact) mass is 176 g/mol. The molecule has 0 amide bonds. The molecule has 0 unspecified atom stereocenters. The standard InChI is InChI=1S/C7H12.C6H8/c1-2-4-6-7-5-3-1;1-2-4-6-5-3-1/h1-2H,3-7H2;1-4H,5-6H2. The molecule has 0 spiro atoms. The molecule has 0 nitrogen and oxygen atoms in total. The van der Waals surface area contributed by atoms with Crippen molar-refractivity contribution in [2.24, 2.45) is 0 Å². The highest BCUT2D eigenvalue weighted by atomic mass is 13.9. The highest BCUT2D eigenvalue weighted by molar-refractivity contribution is 5.07. The van der Waals surface area contributed by atoms with Crippen LogP contribution < -0.4 is 0 Å². The van der Waals surface area contributed by atoms with Crippen molar-refractivity contribution in [3.05, 3.63) is 36.5 Å². The Labute approximate surface area is 82.0 Å². The molecule has 0 saturated carbocycles. The first kappa shape index (κ1) is 10.3. The maximum Gasteiger partial charge on any atom is -0.0313 e. The Morgan fingerprint density at radius 3 is 1.38 bits per heavy atom. The fourth-order valence-electron chi connectivity index (χ4n) is 1.48. The van der Waals surface area contributed by atoms with Crippen LogP contribution in [0.25, 0.3) is 0 Å². The minimum Gasteiger partial charge on any atom is -0.0885 e. The second-order valence-electron chi connectivity index (χ2n) is 3.54. The van der Waals surface area contributed by atoms with Crippen LogP contribution in [0.1, 0.15) is 44.9 Å². The van der Waals surface area contributed by atoms with Gasteiger partial charge in [0.15, 0.2) is 0 Å². The van der Waals surface area contributed by atoms with Crippen LogP contribution in [-0.2, 0) is 0 Å². The minimum absolute atomic E-state index is 1.23. The first-order valence-electron chi connectivity index (χ1n) is 5.47. The molecular formula is C13H20. The first-order chi connectivity index (χ1) is 6.50. The summed E-state index contributed by atoms with van der Waals surface area (Å²) in [6.07, 6.45) is 22.5. The number of rotatable bonds is 0. The number of hydrogen-bond acceptors (Lipinski definition) is 0.